The van der Waals surface area contributed by atoms with Crippen molar-refractivity contribution in [2.75, 3.05) is 30.5 Å². The molecule has 0 aromatic carbocycles. The molecule has 1 N–H and O–H groups in total. The van der Waals surface area contributed by atoms with Crippen LogP contribution in [-0.4, -0.2) is 36.6 Å². The molecule has 0 saturated carbocycles. The summed E-state index contributed by atoms with van der Waals surface area (Å²) < 4.78 is 0. The van der Waals surface area contributed by atoms with Gasteiger partial charge >= 0.3 is 0 Å². The van der Waals surface area contributed by atoms with Crippen LogP contribution >= 0.6 is 23.4 Å². The van der Waals surface area contributed by atoms with E-state index in [1.54, 1.807) is 0 Å². The molecule has 1 saturated heterocycles. The molecule has 0 radical (unpaired) electrons. The minimum Gasteiger partial charge on any atom is -0.355 e. The molecule has 1 aromatic rings. The SMILES string of the molecule is CNCc1cnc(N(C)C2CCSC2)c(Cl)c1. The number of halogens is 1. The summed E-state index contributed by atoms with van der Waals surface area (Å²) in [4.78, 5) is 6.70. The molecule has 0 spiro atoms. The van der Waals surface area contributed by atoms with Gasteiger partial charge in [-0.3, -0.25) is 0 Å². The summed E-state index contributed by atoms with van der Waals surface area (Å²) in [7, 11) is 4.01. The molecule has 94 valence electrons. The van der Waals surface area contributed by atoms with Crippen molar-refractivity contribution < 1.29 is 0 Å². The molecule has 3 nitrogen and oxygen atoms in total. The van der Waals surface area contributed by atoms with Gasteiger partial charge in [-0.1, -0.05) is 11.6 Å². The van der Waals surface area contributed by atoms with Gasteiger partial charge in [0.05, 0.1) is 5.02 Å². The molecule has 1 aromatic heterocycles. The Balaban J connectivity index is 2.14. The van der Waals surface area contributed by atoms with Gasteiger partial charge in [-0.05, 0) is 30.9 Å². The van der Waals surface area contributed by atoms with E-state index >= 15 is 0 Å². The van der Waals surface area contributed by atoms with Crippen molar-refractivity contribution >= 4 is 29.2 Å². The monoisotopic (exact) mass is 271 g/mol. The van der Waals surface area contributed by atoms with Crippen LogP contribution < -0.4 is 10.2 Å². The van der Waals surface area contributed by atoms with Gasteiger partial charge in [-0.2, -0.15) is 11.8 Å². The first kappa shape index (κ1) is 13.0. The number of nitrogens with one attached hydrogen (secondary N) is 1. The van der Waals surface area contributed by atoms with Gasteiger partial charge in [0, 0.05) is 31.6 Å². The van der Waals surface area contributed by atoms with E-state index in [0.29, 0.717) is 6.04 Å². The smallest absolute Gasteiger partial charge is 0.147 e. The van der Waals surface area contributed by atoms with E-state index in [1.807, 2.05) is 31.1 Å². The van der Waals surface area contributed by atoms with Crippen LogP contribution in [0.1, 0.15) is 12.0 Å². The summed E-state index contributed by atoms with van der Waals surface area (Å²) in [6.45, 7) is 0.802. The molecule has 17 heavy (non-hydrogen) atoms. The lowest BCUT2D eigenvalue weighted by molar-refractivity contribution is 0.691. The summed E-state index contributed by atoms with van der Waals surface area (Å²) in [5, 5.41) is 3.85. The van der Waals surface area contributed by atoms with Crippen LogP contribution in [0.25, 0.3) is 0 Å². The largest absolute Gasteiger partial charge is 0.355 e. The second-order valence-electron chi connectivity index (χ2n) is 4.31. The predicted octanol–water partition coefficient (Wildman–Crippen LogP) is 2.40. The van der Waals surface area contributed by atoms with Crippen molar-refractivity contribution in [2.45, 2.75) is 19.0 Å². The van der Waals surface area contributed by atoms with Crippen molar-refractivity contribution in [3.05, 3.63) is 22.8 Å². The zero-order valence-corrected chi connectivity index (χ0v) is 11.8. The standard InChI is InChI=1S/C12H18ClN3S/c1-14-6-9-5-11(13)12(15-7-9)16(2)10-3-4-17-8-10/h5,7,10,14H,3-4,6,8H2,1-2H3. The minimum atomic E-state index is 0.570. The van der Waals surface area contributed by atoms with Gasteiger partial charge in [0.2, 0.25) is 0 Å². The average molecular weight is 272 g/mol. The lowest BCUT2D eigenvalue weighted by Gasteiger charge is -2.25. The highest BCUT2D eigenvalue weighted by atomic mass is 35.5. The number of hydrogen-bond acceptors (Lipinski definition) is 4. The fraction of sp³-hybridized carbons (Fsp3) is 0.583. The summed E-state index contributed by atoms with van der Waals surface area (Å²) in [5.41, 5.74) is 1.12. The molecule has 0 amide bonds. The average Bonchev–Trinajstić information content (AvgIpc) is 2.82. The van der Waals surface area contributed by atoms with Crippen molar-refractivity contribution in [1.29, 1.82) is 0 Å². The van der Waals surface area contributed by atoms with E-state index in [9.17, 15) is 0 Å². The van der Waals surface area contributed by atoms with Crippen molar-refractivity contribution in [3.8, 4) is 0 Å². The maximum Gasteiger partial charge on any atom is 0.147 e. The van der Waals surface area contributed by atoms with E-state index in [1.165, 1.54) is 17.9 Å². The maximum absolute atomic E-state index is 6.30. The first-order valence-corrected chi connectivity index (χ1v) is 7.35. The van der Waals surface area contributed by atoms with Crippen LogP contribution in [0.15, 0.2) is 12.3 Å². The predicted molar refractivity (Wildman–Crippen MR) is 76.1 cm³/mol. The fourth-order valence-corrected chi connectivity index (χ4v) is 3.62. The van der Waals surface area contributed by atoms with E-state index < -0.39 is 0 Å². The third-order valence-corrected chi connectivity index (χ3v) is 4.47. The quantitative estimate of drug-likeness (QED) is 0.910. The molecular weight excluding hydrogens is 254 g/mol. The van der Waals surface area contributed by atoms with Gasteiger partial charge in [0.1, 0.15) is 5.82 Å². The first-order valence-electron chi connectivity index (χ1n) is 5.82. The van der Waals surface area contributed by atoms with Crippen LogP contribution in [0.3, 0.4) is 0 Å². The Kier molecular flexibility index (Phi) is 4.54. The molecule has 1 aliphatic rings. The first-order chi connectivity index (χ1) is 8.22. The highest BCUT2D eigenvalue weighted by molar-refractivity contribution is 7.99. The van der Waals surface area contributed by atoms with Crippen LogP contribution in [0.5, 0.6) is 0 Å². The van der Waals surface area contributed by atoms with Gasteiger partial charge in [-0.15, -0.1) is 0 Å². The number of rotatable bonds is 4. The Bertz CT molecular complexity index is 380. The van der Waals surface area contributed by atoms with Gasteiger partial charge in [0.15, 0.2) is 0 Å². The van der Waals surface area contributed by atoms with Crippen molar-refractivity contribution in [2.24, 2.45) is 0 Å². The van der Waals surface area contributed by atoms with E-state index in [-0.39, 0.29) is 0 Å². The molecule has 1 aliphatic heterocycles. The molecule has 2 heterocycles. The highest BCUT2D eigenvalue weighted by Crippen LogP contribution is 2.29. The Hall–Kier alpha value is -0.450. The molecule has 1 unspecified atom stereocenters. The van der Waals surface area contributed by atoms with Gasteiger partial charge in [0.25, 0.3) is 0 Å². The van der Waals surface area contributed by atoms with Crippen LogP contribution in [0.4, 0.5) is 5.82 Å². The van der Waals surface area contributed by atoms with Crippen LogP contribution in [-0.2, 0) is 6.54 Å². The number of anilines is 1. The number of thioether (sulfide) groups is 1. The topological polar surface area (TPSA) is 28.2 Å². The fourth-order valence-electron chi connectivity index (χ4n) is 2.03. The van der Waals surface area contributed by atoms with E-state index in [4.69, 9.17) is 11.6 Å². The zero-order valence-electron chi connectivity index (χ0n) is 10.2. The van der Waals surface area contributed by atoms with Crippen molar-refractivity contribution in [3.63, 3.8) is 0 Å². The van der Waals surface area contributed by atoms with Gasteiger partial charge in [-0.25, -0.2) is 4.98 Å². The lowest BCUT2D eigenvalue weighted by atomic mass is 10.2. The van der Waals surface area contributed by atoms with Crippen molar-refractivity contribution in [1.82, 2.24) is 10.3 Å². The minimum absolute atomic E-state index is 0.570. The Morgan fingerprint density at radius 1 is 1.65 bits per heavy atom. The highest BCUT2D eigenvalue weighted by Gasteiger charge is 2.22. The zero-order chi connectivity index (χ0) is 12.3. The Morgan fingerprint density at radius 2 is 2.47 bits per heavy atom. The Labute approximate surface area is 112 Å². The van der Waals surface area contributed by atoms with Gasteiger partial charge < -0.3 is 10.2 Å². The maximum atomic E-state index is 6.30. The summed E-state index contributed by atoms with van der Waals surface area (Å²) in [5.74, 6) is 3.32. The molecule has 1 fully saturated rings. The number of nitrogens with zero attached hydrogens (tertiary/aromatic N) is 2. The summed E-state index contributed by atoms with van der Waals surface area (Å²) >= 11 is 8.30. The van der Waals surface area contributed by atoms with E-state index in [2.05, 4.69) is 22.2 Å². The normalized spacial score (nSPS) is 19.6. The molecule has 1 atom stereocenters. The molecule has 2 rings (SSSR count). The van der Waals surface area contributed by atoms with E-state index in [0.717, 1.165) is 22.9 Å². The molecular formula is C12H18ClN3S. The number of pyridine rings is 1. The number of aromatic nitrogens is 1. The third kappa shape index (κ3) is 3.06. The number of hydrogen-bond donors (Lipinski definition) is 1. The second-order valence-corrected chi connectivity index (χ2v) is 5.86. The third-order valence-electron chi connectivity index (χ3n) is 3.05. The van der Waals surface area contributed by atoms with Crippen LogP contribution in [0, 0.1) is 0 Å². The summed E-state index contributed by atoms with van der Waals surface area (Å²) in [6, 6.07) is 2.57. The summed E-state index contributed by atoms with van der Waals surface area (Å²) in [6.07, 6.45) is 3.12. The molecule has 0 bridgehead atoms. The lowest BCUT2D eigenvalue weighted by Crippen LogP contribution is -2.32. The Morgan fingerprint density at radius 3 is 3.06 bits per heavy atom. The molecule has 5 heteroatoms. The molecule has 0 aliphatic carbocycles. The van der Waals surface area contributed by atoms with Crippen LogP contribution in [0.2, 0.25) is 5.02 Å². The second kappa shape index (κ2) is 5.94.